The molecular formula is C12H11ClN4O4S. The molecule has 0 amide bonds. The van der Waals surface area contributed by atoms with E-state index in [1.165, 1.54) is 36.4 Å². The first-order chi connectivity index (χ1) is 10.3. The maximum Gasteiger partial charge on any atom is 0.295 e. The minimum Gasteiger partial charge on any atom is -0.318 e. The normalized spacial score (nSPS) is 11.0. The van der Waals surface area contributed by atoms with E-state index in [-0.39, 0.29) is 16.3 Å². The summed E-state index contributed by atoms with van der Waals surface area (Å²) in [6.45, 7) is 0. The number of benzene rings is 2. The number of hydrogen-bond donors (Lipinski definition) is 3. The van der Waals surface area contributed by atoms with Crippen LogP contribution in [0, 0.1) is 10.1 Å². The highest BCUT2D eigenvalue weighted by molar-refractivity contribution is 7.92. The van der Waals surface area contributed by atoms with Gasteiger partial charge in [0.1, 0.15) is 5.69 Å². The number of hydrogen-bond acceptors (Lipinski definition) is 6. The molecule has 8 nitrogen and oxygen atoms in total. The first kappa shape index (κ1) is 16.0. The highest BCUT2D eigenvalue weighted by Gasteiger charge is 2.21. The number of nitrogen functional groups attached to an aromatic ring is 1. The van der Waals surface area contributed by atoms with E-state index in [1.807, 2.05) is 0 Å². The van der Waals surface area contributed by atoms with Crippen LogP contribution in [-0.2, 0) is 10.0 Å². The topological polar surface area (TPSA) is 127 Å². The molecule has 0 radical (unpaired) electrons. The number of nitrogens with two attached hydrogens (primary N) is 1. The van der Waals surface area contributed by atoms with E-state index < -0.39 is 20.6 Å². The van der Waals surface area contributed by atoms with Gasteiger partial charge in [0.25, 0.3) is 15.7 Å². The largest absolute Gasteiger partial charge is 0.318 e. The number of rotatable bonds is 5. The monoisotopic (exact) mass is 342 g/mol. The van der Waals surface area contributed by atoms with Crippen LogP contribution in [-0.4, -0.2) is 13.3 Å². The van der Waals surface area contributed by atoms with E-state index in [0.717, 1.165) is 6.07 Å². The van der Waals surface area contributed by atoms with Crippen LogP contribution in [0.4, 0.5) is 17.1 Å². The SMILES string of the molecule is NNc1ccc(S(=O)(=O)Nc2ccc(Cl)cc2)cc1[N+](=O)[O-]. The number of nitrogens with one attached hydrogen (secondary N) is 2. The van der Waals surface area contributed by atoms with Gasteiger partial charge in [-0.05, 0) is 36.4 Å². The van der Waals surface area contributed by atoms with E-state index in [1.54, 1.807) is 0 Å². The highest BCUT2D eigenvalue weighted by Crippen LogP contribution is 2.27. The molecule has 0 spiro atoms. The molecule has 0 fully saturated rings. The molecule has 0 heterocycles. The van der Waals surface area contributed by atoms with Gasteiger partial charge in [0.15, 0.2) is 0 Å². The van der Waals surface area contributed by atoms with Crippen LogP contribution in [0.1, 0.15) is 0 Å². The van der Waals surface area contributed by atoms with Crippen molar-refractivity contribution in [1.29, 1.82) is 0 Å². The second-order valence-electron chi connectivity index (χ2n) is 4.19. The third kappa shape index (κ3) is 3.45. The fourth-order valence-corrected chi connectivity index (χ4v) is 2.89. The summed E-state index contributed by atoms with van der Waals surface area (Å²) < 4.78 is 26.8. The quantitative estimate of drug-likeness (QED) is 0.434. The fourth-order valence-electron chi connectivity index (χ4n) is 1.68. The van der Waals surface area contributed by atoms with Crippen molar-refractivity contribution in [3.05, 3.63) is 57.6 Å². The molecular weight excluding hydrogens is 332 g/mol. The Morgan fingerprint density at radius 1 is 1.14 bits per heavy atom. The second kappa shape index (κ2) is 6.18. The molecule has 0 aliphatic carbocycles. The van der Waals surface area contributed by atoms with Crippen molar-refractivity contribution < 1.29 is 13.3 Å². The molecule has 0 aliphatic rings. The second-order valence-corrected chi connectivity index (χ2v) is 6.31. The van der Waals surface area contributed by atoms with E-state index in [9.17, 15) is 18.5 Å². The minimum absolute atomic E-state index is 0.00967. The Balaban J connectivity index is 2.39. The Morgan fingerprint density at radius 2 is 1.77 bits per heavy atom. The molecule has 0 saturated carbocycles. The number of anilines is 2. The van der Waals surface area contributed by atoms with Crippen molar-refractivity contribution in [3.8, 4) is 0 Å². The molecule has 0 aliphatic heterocycles. The lowest BCUT2D eigenvalue weighted by Gasteiger charge is -2.09. The Labute approximate surface area is 131 Å². The standard InChI is InChI=1S/C12H11ClN4O4S/c13-8-1-3-9(4-2-8)16-22(20,21)10-5-6-11(15-14)12(7-10)17(18)19/h1-7,15-16H,14H2. The van der Waals surface area contributed by atoms with Crippen molar-refractivity contribution >= 4 is 38.7 Å². The molecule has 2 aromatic rings. The average Bonchev–Trinajstić information content (AvgIpc) is 2.48. The van der Waals surface area contributed by atoms with Gasteiger partial charge in [-0.2, -0.15) is 0 Å². The van der Waals surface area contributed by atoms with Crippen molar-refractivity contribution in [3.63, 3.8) is 0 Å². The average molecular weight is 343 g/mol. The molecule has 0 unspecified atom stereocenters. The molecule has 116 valence electrons. The van der Waals surface area contributed by atoms with Crippen LogP contribution in [0.25, 0.3) is 0 Å². The van der Waals surface area contributed by atoms with Gasteiger partial charge >= 0.3 is 0 Å². The molecule has 0 aromatic heterocycles. The summed E-state index contributed by atoms with van der Waals surface area (Å²) >= 11 is 5.72. The van der Waals surface area contributed by atoms with Crippen LogP contribution < -0.4 is 16.0 Å². The zero-order chi connectivity index (χ0) is 16.3. The van der Waals surface area contributed by atoms with Crippen molar-refractivity contribution in [2.24, 2.45) is 5.84 Å². The summed E-state index contributed by atoms with van der Waals surface area (Å²) in [4.78, 5) is 9.95. The Kier molecular flexibility index (Phi) is 4.50. The number of sulfonamides is 1. The lowest BCUT2D eigenvalue weighted by atomic mass is 10.3. The summed E-state index contributed by atoms with van der Waals surface area (Å²) in [7, 11) is -3.97. The van der Waals surface area contributed by atoms with Gasteiger partial charge in [-0.15, -0.1) is 0 Å². The molecule has 10 heteroatoms. The lowest BCUT2D eigenvalue weighted by molar-refractivity contribution is -0.384. The summed E-state index contributed by atoms with van der Waals surface area (Å²) in [6.07, 6.45) is 0. The molecule has 0 atom stereocenters. The van der Waals surface area contributed by atoms with Crippen molar-refractivity contribution in [2.75, 3.05) is 10.1 Å². The van der Waals surface area contributed by atoms with Gasteiger partial charge in [0, 0.05) is 16.8 Å². The number of nitrogens with zero attached hydrogens (tertiary/aromatic N) is 1. The van der Waals surface area contributed by atoms with E-state index >= 15 is 0 Å². The maximum atomic E-state index is 12.2. The van der Waals surface area contributed by atoms with Crippen LogP contribution in [0.5, 0.6) is 0 Å². The first-order valence-corrected chi connectivity index (χ1v) is 7.73. The van der Waals surface area contributed by atoms with Gasteiger partial charge in [-0.25, -0.2) is 8.42 Å². The van der Waals surface area contributed by atoms with E-state index in [0.29, 0.717) is 5.02 Å². The number of halogens is 1. The van der Waals surface area contributed by atoms with Gasteiger partial charge in [-0.1, -0.05) is 11.6 Å². The highest BCUT2D eigenvalue weighted by atomic mass is 35.5. The van der Waals surface area contributed by atoms with Gasteiger partial charge in [-0.3, -0.25) is 20.7 Å². The Morgan fingerprint density at radius 3 is 2.32 bits per heavy atom. The van der Waals surface area contributed by atoms with E-state index in [4.69, 9.17) is 17.4 Å². The van der Waals surface area contributed by atoms with E-state index in [2.05, 4.69) is 10.1 Å². The first-order valence-electron chi connectivity index (χ1n) is 5.87. The third-order valence-electron chi connectivity index (χ3n) is 2.73. The Bertz CT molecular complexity index is 808. The Hall–Kier alpha value is -2.36. The molecule has 4 N–H and O–H groups in total. The van der Waals surface area contributed by atoms with Crippen LogP contribution in [0.3, 0.4) is 0 Å². The fraction of sp³-hybridized carbons (Fsp3) is 0. The predicted molar refractivity (Wildman–Crippen MR) is 83.2 cm³/mol. The van der Waals surface area contributed by atoms with Gasteiger partial charge < -0.3 is 5.43 Å². The molecule has 0 saturated heterocycles. The van der Waals surface area contributed by atoms with Crippen LogP contribution >= 0.6 is 11.6 Å². The van der Waals surface area contributed by atoms with Crippen LogP contribution in [0.15, 0.2) is 47.4 Å². The molecule has 0 bridgehead atoms. The van der Waals surface area contributed by atoms with Gasteiger partial charge in [0.2, 0.25) is 0 Å². The number of hydrazine groups is 1. The minimum atomic E-state index is -3.97. The summed E-state index contributed by atoms with van der Waals surface area (Å²) in [6, 6.07) is 9.34. The summed E-state index contributed by atoms with van der Waals surface area (Å²) in [5, 5.41) is 11.4. The zero-order valence-electron chi connectivity index (χ0n) is 11.0. The molecule has 22 heavy (non-hydrogen) atoms. The predicted octanol–water partition coefficient (Wildman–Crippen LogP) is 2.33. The third-order valence-corrected chi connectivity index (χ3v) is 4.36. The van der Waals surface area contributed by atoms with Crippen molar-refractivity contribution in [2.45, 2.75) is 4.90 Å². The zero-order valence-corrected chi connectivity index (χ0v) is 12.6. The molecule has 2 aromatic carbocycles. The molecule has 2 rings (SSSR count). The smallest absolute Gasteiger partial charge is 0.295 e. The summed E-state index contributed by atoms with van der Waals surface area (Å²) in [5.41, 5.74) is 1.99. The number of nitro groups is 1. The maximum absolute atomic E-state index is 12.2. The van der Waals surface area contributed by atoms with Crippen molar-refractivity contribution in [1.82, 2.24) is 0 Å². The summed E-state index contributed by atoms with van der Waals surface area (Å²) in [5.74, 6) is 5.15. The lowest BCUT2D eigenvalue weighted by Crippen LogP contribution is -2.14. The number of nitro benzene ring substituents is 1. The van der Waals surface area contributed by atoms with Crippen LogP contribution in [0.2, 0.25) is 5.02 Å². The van der Waals surface area contributed by atoms with Gasteiger partial charge in [0.05, 0.1) is 9.82 Å².